The van der Waals surface area contributed by atoms with E-state index in [0.29, 0.717) is 11.8 Å². The van der Waals surface area contributed by atoms with Crippen molar-refractivity contribution in [2.45, 2.75) is 57.5 Å². The third-order valence-corrected chi connectivity index (χ3v) is 4.47. The molecule has 2 rings (SSSR count). The molecule has 0 saturated heterocycles. The monoisotopic (exact) mass is 338 g/mol. The predicted octanol–water partition coefficient (Wildman–Crippen LogP) is 3.53. The second-order valence-corrected chi connectivity index (χ2v) is 7.08. The van der Waals surface area contributed by atoms with Gasteiger partial charge in [-0.25, -0.2) is 0 Å². The number of hydrogen-bond donors (Lipinski definition) is 1. The Kier molecular flexibility index (Phi) is 6.20. The fourth-order valence-corrected chi connectivity index (χ4v) is 2.95. The number of rotatable bonds is 8. The summed E-state index contributed by atoms with van der Waals surface area (Å²) in [4.78, 5) is 16.5. The van der Waals surface area contributed by atoms with Crippen LogP contribution in [0.5, 0.6) is 0 Å². The first kappa shape index (κ1) is 17.5. The molecular formula is C15H22N4O3S. The van der Waals surface area contributed by atoms with Crippen molar-refractivity contribution in [3.8, 4) is 0 Å². The van der Waals surface area contributed by atoms with Crippen molar-refractivity contribution in [1.82, 2.24) is 15.3 Å². The zero-order valence-corrected chi connectivity index (χ0v) is 14.6. The summed E-state index contributed by atoms with van der Waals surface area (Å²) in [6.45, 7) is 7.69. The first-order chi connectivity index (χ1) is 11.0. The van der Waals surface area contributed by atoms with Gasteiger partial charge in [0.25, 0.3) is 0 Å². The zero-order chi connectivity index (χ0) is 16.8. The minimum Gasteiger partial charge on any atom is -0.338 e. The van der Waals surface area contributed by atoms with Crippen LogP contribution in [0.4, 0.5) is 5.88 Å². The van der Waals surface area contributed by atoms with Crippen LogP contribution < -0.4 is 5.32 Å². The number of unbranched alkanes of at least 4 members (excludes halogenated alkanes) is 1. The van der Waals surface area contributed by atoms with Crippen molar-refractivity contribution in [3.05, 3.63) is 23.5 Å². The van der Waals surface area contributed by atoms with Crippen LogP contribution in [0.2, 0.25) is 0 Å². The molecule has 2 atom stereocenters. The fraction of sp³-hybridized carbons (Fsp3) is 0.600. The number of amides is 1. The lowest BCUT2D eigenvalue weighted by atomic mass is 10.2. The van der Waals surface area contributed by atoms with Crippen LogP contribution in [0.15, 0.2) is 15.1 Å². The molecule has 23 heavy (non-hydrogen) atoms. The first-order valence-electron chi connectivity index (χ1n) is 7.71. The number of carbonyl (C=O) groups excluding carboxylic acids is 1. The standard InChI is InChI=1S/C15H22N4O3S/c1-5-6-7-12-16-15(22-19-12)11(4)23-10(3)14(20)17-13-8-9(2)18-21-13/h8,10-11H,5-7H2,1-4H3,(H,17,20). The summed E-state index contributed by atoms with van der Waals surface area (Å²) in [5.41, 5.74) is 0.722. The van der Waals surface area contributed by atoms with Crippen molar-refractivity contribution in [2.75, 3.05) is 5.32 Å². The van der Waals surface area contributed by atoms with Gasteiger partial charge in [0.15, 0.2) is 5.82 Å². The average Bonchev–Trinajstić information content (AvgIpc) is 3.14. The minimum absolute atomic E-state index is 0.0601. The number of aryl methyl sites for hydroxylation is 2. The maximum absolute atomic E-state index is 12.1. The highest BCUT2D eigenvalue weighted by Crippen LogP contribution is 2.31. The van der Waals surface area contributed by atoms with Crippen LogP contribution in [-0.4, -0.2) is 26.5 Å². The van der Waals surface area contributed by atoms with Gasteiger partial charge in [-0.3, -0.25) is 10.1 Å². The molecule has 0 aliphatic heterocycles. The fourth-order valence-electron chi connectivity index (χ4n) is 1.94. The summed E-state index contributed by atoms with van der Waals surface area (Å²) < 4.78 is 10.3. The quantitative estimate of drug-likeness (QED) is 0.786. The van der Waals surface area contributed by atoms with E-state index in [9.17, 15) is 4.79 Å². The summed E-state index contributed by atoms with van der Waals surface area (Å²) in [5.74, 6) is 1.48. The van der Waals surface area contributed by atoms with Gasteiger partial charge < -0.3 is 9.05 Å². The molecule has 0 radical (unpaired) electrons. The van der Waals surface area contributed by atoms with E-state index in [-0.39, 0.29) is 16.4 Å². The van der Waals surface area contributed by atoms with Gasteiger partial charge in [0.2, 0.25) is 17.7 Å². The third-order valence-electron chi connectivity index (χ3n) is 3.24. The molecule has 126 valence electrons. The molecule has 7 nitrogen and oxygen atoms in total. The number of aromatic nitrogens is 3. The molecule has 0 aliphatic rings. The molecule has 0 spiro atoms. The van der Waals surface area contributed by atoms with Crippen LogP contribution in [0.25, 0.3) is 0 Å². The van der Waals surface area contributed by atoms with Crippen LogP contribution in [-0.2, 0) is 11.2 Å². The first-order valence-corrected chi connectivity index (χ1v) is 8.66. The number of anilines is 1. The molecule has 0 aliphatic carbocycles. The Labute approximate surface area is 139 Å². The molecule has 2 aromatic heterocycles. The smallest absolute Gasteiger partial charge is 0.239 e. The summed E-state index contributed by atoms with van der Waals surface area (Å²) >= 11 is 1.45. The average molecular weight is 338 g/mol. The molecule has 2 unspecified atom stereocenters. The molecule has 0 bridgehead atoms. The van der Waals surface area contributed by atoms with Crippen molar-refractivity contribution >= 4 is 23.6 Å². The molecule has 8 heteroatoms. The highest BCUT2D eigenvalue weighted by atomic mass is 32.2. The Morgan fingerprint density at radius 1 is 1.35 bits per heavy atom. The second kappa shape index (κ2) is 8.14. The van der Waals surface area contributed by atoms with Gasteiger partial charge in [-0.1, -0.05) is 23.7 Å². The van der Waals surface area contributed by atoms with Crippen molar-refractivity contribution in [3.63, 3.8) is 0 Å². The largest absolute Gasteiger partial charge is 0.338 e. The lowest BCUT2D eigenvalue weighted by Gasteiger charge is -2.13. The van der Waals surface area contributed by atoms with Crippen molar-refractivity contribution < 1.29 is 13.8 Å². The van der Waals surface area contributed by atoms with E-state index >= 15 is 0 Å². The molecular weight excluding hydrogens is 316 g/mol. The molecule has 1 N–H and O–H groups in total. The Morgan fingerprint density at radius 2 is 2.13 bits per heavy atom. The number of carbonyl (C=O) groups is 1. The van der Waals surface area contributed by atoms with Gasteiger partial charge in [0.1, 0.15) is 0 Å². The Balaban J connectivity index is 1.87. The minimum atomic E-state index is -0.290. The summed E-state index contributed by atoms with van der Waals surface area (Å²) in [6, 6.07) is 1.68. The maximum Gasteiger partial charge on any atom is 0.239 e. The third kappa shape index (κ3) is 5.09. The van der Waals surface area contributed by atoms with Gasteiger partial charge >= 0.3 is 0 Å². The molecule has 2 aromatic rings. The van der Waals surface area contributed by atoms with Gasteiger partial charge in [-0.2, -0.15) is 4.98 Å². The molecule has 1 amide bonds. The molecule has 0 saturated carbocycles. The SMILES string of the molecule is CCCCc1noc(C(C)SC(C)C(=O)Nc2cc(C)no2)n1. The highest BCUT2D eigenvalue weighted by Gasteiger charge is 2.22. The van der Waals surface area contributed by atoms with Crippen LogP contribution in [0, 0.1) is 6.92 Å². The van der Waals surface area contributed by atoms with E-state index in [1.54, 1.807) is 13.0 Å². The van der Waals surface area contributed by atoms with Gasteiger partial charge in [-0.05, 0) is 27.2 Å². The Hall–Kier alpha value is -1.83. The lowest BCUT2D eigenvalue weighted by molar-refractivity contribution is -0.115. The van der Waals surface area contributed by atoms with E-state index in [1.165, 1.54) is 11.8 Å². The van der Waals surface area contributed by atoms with Crippen LogP contribution >= 0.6 is 11.8 Å². The van der Waals surface area contributed by atoms with E-state index in [1.807, 2.05) is 13.8 Å². The van der Waals surface area contributed by atoms with E-state index in [0.717, 1.165) is 30.8 Å². The number of hydrogen-bond acceptors (Lipinski definition) is 7. The van der Waals surface area contributed by atoms with Crippen molar-refractivity contribution in [2.24, 2.45) is 0 Å². The molecule has 0 fully saturated rings. The second-order valence-electron chi connectivity index (χ2n) is 5.39. The number of nitrogens with zero attached hydrogens (tertiary/aromatic N) is 3. The number of nitrogens with one attached hydrogen (secondary N) is 1. The Morgan fingerprint density at radius 3 is 2.78 bits per heavy atom. The molecule has 2 heterocycles. The summed E-state index contributed by atoms with van der Waals surface area (Å²) in [6.07, 6.45) is 2.95. The summed E-state index contributed by atoms with van der Waals surface area (Å²) in [5, 5.41) is 10.1. The highest BCUT2D eigenvalue weighted by molar-refractivity contribution is 8.00. The van der Waals surface area contributed by atoms with E-state index in [2.05, 4.69) is 27.5 Å². The van der Waals surface area contributed by atoms with Gasteiger partial charge in [-0.15, -0.1) is 11.8 Å². The normalized spacial score (nSPS) is 13.7. The zero-order valence-electron chi connectivity index (χ0n) is 13.8. The Bertz CT molecular complexity index is 640. The predicted molar refractivity (Wildman–Crippen MR) is 88.2 cm³/mol. The van der Waals surface area contributed by atoms with Crippen LogP contribution in [0.1, 0.15) is 56.3 Å². The lowest BCUT2D eigenvalue weighted by Crippen LogP contribution is -2.22. The van der Waals surface area contributed by atoms with Crippen LogP contribution in [0.3, 0.4) is 0 Å². The summed E-state index contributed by atoms with van der Waals surface area (Å²) in [7, 11) is 0. The van der Waals surface area contributed by atoms with E-state index in [4.69, 9.17) is 9.05 Å². The van der Waals surface area contributed by atoms with Gasteiger partial charge in [0.05, 0.1) is 16.2 Å². The van der Waals surface area contributed by atoms with Gasteiger partial charge in [0, 0.05) is 12.5 Å². The number of thioether (sulfide) groups is 1. The van der Waals surface area contributed by atoms with Crippen molar-refractivity contribution in [1.29, 1.82) is 0 Å². The topological polar surface area (TPSA) is 94.1 Å². The van der Waals surface area contributed by atoms with E-state index < -0.39 is 0 Å². The maximum atomic E-state index is 12.1. The molecule has 0 aromatic carbocycles.